The summed E-state index contributed by atoms with van der Waals surface area (Å²) in [7, 11) is 0. The topological polar surface area (TPSA) is 90.3 Å². The summed E-state index contributed by atoms with van der Waals surface area (Å²) in [5.74, 6) is 0.809. The Morgan fingerprint density at radius 1 is 1.30 bits per heavy atom. The number of aromatic nitrogens is 3. The lowest BCUT2D eigenvalue weighted by atomic mass is 10.3. The molecule has 2 heterocycles. The van der Waals surface area contributed by atoms with Crippen LogP contribution in [-0.2, 0) is 6.54 Å². The molecule has 0 bridgehead atoms. The van der Waals surface area contributed by atoms with Crippen molar-refractivity contribution in [3.8, 4) is 12.1 Å². The molecule has 2 rings (SSSR count). The van der Waals surface area contributed by atoms with Crippen molar-refractivity contribution in [3.63, 3.8) is 0 Å². The highest BCUT2D eigenvalue weighted by atomic mass is 15.1. The molecule has 0 aromatic carbocycles. The van der Waals surface area contributed by atoms with E-state index in [9.17, 15) is 0 Å². The van der Waals surface area contributed by atoms with E-state index in [0.717, 1.165) is 24.5 Å². The minimum absolute atomic E-state index is 0.146. The number of rotatable bonds is 5. The highest BCUT2D eigenvalue weighted by Gasteiger charge is 2.10. The first-order valence-corrected chi connectivity index (χ1v) is 6.33. The van der Waals surface area contributed by atoms with Crippen molar-refractivity contribution in [2.45, 2.75) is 19.9 Å². The zero-order chi connectivity index (χ0) is 14.4. The number of imidazole rings is 1. The molecule has 20 heavy (non-hydrogen) atoms. The molecular weight excluding hydrogens is 252 g/mol. The van der Waals surface area contributed by atoms with E-state index in [-0.39, 0.29) is 11.4 Å². The van der Waals surface area contributed by atoms with Crippen LogP contribution in [0.5, 0.6) is 0 Å². The van der Waals surface area contributed by atoms with Crippen molar-refractivity contribution in [1.29, 1.82) is 10.5 Å². The predicted molar refractivity (Wildman–Crippen MR) is 73.8 cm³/mol. The van der Waals surface area contributed by atoms with E-state index in [1.54, 1.807) is 4.57 Å². The molecule has 1 N–H and O–H groups in total. The summed E-state index contributed by atoms with van der Waals surface area (Å²) >= 11 is 0. The van der Waals surface area contributed by atoms with Gasteiger partial charge in [-0.25, -0.2) is 9.97 Å². The maximum atomic E-state index is 9.07. The molecule has 0 saturated carbocycles. The molecule has 0 spiro atoms. The summed E-state index contributed by atoms with van der Waals surface area (Å²) in [5.41, 5.74) is 1.22. The van der Waals surface area contributed by atoms with Crippen LogP contribution in [-0.4, -0.2) is 21.1 Å². The lowest BCUT2D eigenvalue weighted by Crippen LogP contribution is -2.06. The zero-order valence-electron chi connectivity index (χ0n) is 11.2. The van der Waals surface area contributed by atoms with Gasteiger partial charge in [-0.05, 0) is 18.6 Å². The summed E-state index contributed by atoms with van der Waals surface area (Å²) in [4.78, 5) is 8.37. The van der Waals surface area contributed by atoms with Gasteiger partial charge in [0.15, 0.2) is 11.4 Å². The molecule has 0 atom stereocenters. The van der Waals surface area contributed by atoms with Gasteiger partial charge in [0.1, 0.15) is 18.0 Å². The molecule has 100 valence electrons. The fourth-order valence-corrected chi connectivity index (χ4v) is 1.79. The number of hydrogen-bond donors (Lipinski definition) is 1. The second-order valence-corrected chi connectivity index (χ2v) is 4.23. The second-order valence-electron chi connectivity index (χ2n) is 4.23. The maximum Gasteiger partial charge on any atom is 0.176 e. The lowest BCUT2D eigenvalue weighted by molar-refractivity contribution is 0.762. The number of anilines is 1. The summed E-state index contributed by atoms with van der Waals surface area (Å²) in [5, 5.41) is 21.2. The molecule has 0 fully saturated rings. The maximum absolute atomic E-state index is 9.07. The average Bonchev–Trinajstić information content (AvgIpc) is 2.87. The third-order valence-corrected chi connectivity index (χ3v) is 2.74. The molecule has 0 aliphatic rings. The molecule has 0 radical (unpaired) electrons. The van der Waals surface area contributed by atoms with Gasteiger partial charge < -0.3 is 9.88 Å². The van der Waals surface area contributed by atoms with Gasteiger partial charge in [0, 0.05) is 6.54 Å². The van der Waals surface area contributed by atoms with Gasteiger partial charge in [-0.1, -0.05) is 13.0 Å². The van der Waals surface area contributed by atoms with Crippen LogP contribution in [0.1, 0.15) is 30.4 Å². The van der Waals surface area contributed by atoms with Crippen molar-refractivity contribution in [3.05, 3.63) is 41.6 Å². The first-order chi connectivity index (χ1) is 9.78. The SMILES string of the molecule is CCCNc1cccc(Cn2cnc(C#N)c2C#N)n1. The Morgan fingerprint density at radius 2 is 2.15 bits per heavy atom. The molecule has 0 aliphatic heterocycles. The van der Waals surface area contributed by atoms with E-state index >= 15 is 0 Å². The average molecular weight is 266 g/mol. The molecule has 2 aromatic rings. The minimum atomic E-state index is 0.146. The van der Waals surface area contributed by atoms with Crippen LogP contribution in [0.25, 0.3) is 0 Å². The molecule has 0 unspecified atom stereocenters. The Labute approximate surface area is 117 Å². The quantitative estimate of drug-likeness (QED) is 0.892. The fraction of sp³-hybridized carbons (Fsp3) is 0.286. The first kappa shape index (κ1) is 13.6. The van der Waals surface area contributed by atoms with Gasteiger partial charge >= 0.3 is 0 Å². The summed E-state index contributed by atoms with van der Waals surface area (Å²) < 4.78 is 1.63. The van der Waals surface area contributed by atoms with Gasteiger partial charge in [0.2, 0.25) is 0 Å². The van der Waals surface area contributed by atoms with Crippen LogP contribution in [0.15, 0.2) is 24.5 Å². The van der Waals surface area contributed by atoms with Crippen molar-refractivity contribution >= 4 is 5.82 Å². The largest absolute Gasteiger partial charge is 0.370 e. The van der Waals surface area contributed by atoms with E-state index < -0.39 is 0 Å². The third-order valence-electron chi connectivity index (χ3n) is 2.74. The summed E-state index contributed by atoms with van der Waals surface area (Å²) in [6.45, 7) is 3.37. The fourth-order valence-electron chi connectivity index (χ4n) is 1.79. The molecular formula is C14H14N6. The predicted octanol–water partition coefficient (Wildman–Crippen LogP) is 1.89. The number of nitrogens with one attached hydrogen (secondary N) is 1. The van der Waals surface area contributed by atoms with Crippen LogP contribution in [0.3, 0.4) is 0 Å². The van der Waals surface area contributed by atoms with Crippen molar-refractivity contribution in [2.24, 2.45) is 0 Å². The van der Waals surface area contributed by atoms with Crippen LogP contribution < -0.4 is 5.32 Å². The molecule has 2 aromatic heterocycles. The van der Waals surface area contributed by atoms with Crippen LogP contribution >= 0.6 is 0 Å². The highest BCUT2D eigenvalue weighted by molar-refractivity contribution is 5.38. The van der Waals surface area contributed by atoms with Crippen LogP contribution in [0, 0.1) is 22.7 Å². The Balaban J connectivity index is 2.20. The van der Waals surface area contributed by atoms with Gasteiger partial charge in [0.05, 0.1) is 18.6 Å². The molecule has 0 amide bonds. The van der Waals surface area contributed by atoms with E-state index in [2.05, 4.69) is 22.2 Å². The minimum Gasteiger partial charge on any atom is -0.370 e. The van der Waals surface area contributed by atoms with Crippen molar-refractivity contribution in [2.75, 3.05) is 11.9 Å². The lowest BCUT2D eigenvalue weighted by Gasteiger charge is -2.07. The molecule has 6 nitrogen and oxygen atoms in total. The van der Waals surface area contributed by atoms with Crippen LogP contribution in [0.2, 0.25) is 0 Å². The van der Waals surface area contributed by atoms with E-state index in [0.29, 0.717) is 6.54 Å². The van der Waals surface area contributed by atoms with Crippen molar-refractivity contribution < 1.29 is 0 Å². The molecule has 6 heteroatoms. The highest BCUT2D eigenvalue weighted by Crippen LogP contribution is 2.10. The molecule has 0 saturated heterocycles. The van der Waals surface area contributed by atoms with Crippen molar-refractivity contribution in [1.82, 2.24) is 14.5 Å². The van der Waals surface area contributed by atoms with Gasteiger partial charge in [-0.15, -0.1) is 0 Å². The second kappa shape index (κ2) is 6.35. The first-order valence-electron chi connectivity index (χ1n) is 6.33. The summed E-state index contributed by atoms with van der Waals surface area (Å²) in [6, 6.07) is 9.60. The standard InChI is InChI=1S/C14H14N6/c1-2-6-17-14-5-3-4-11(19-14)9-20-10-18-12(7-15)13(20)8-16/h3-5,10H,2,6,9H2,1H3,(H,17,19). The number of hydrogen-bond acceptors (Lipinski definition) is 5. The molecule has 0 aliphatic carbocycles. The van der Waals surface area contributed by atoms with E-state index in [4.69, 9.17) is 10.5 Å². The van der Waals surface area contributed by atoms with Gasteiger partial charge in [0.25, 0.3) is 0 Å². The monoisotopic (exact) mass is 266 g/mol. The Hall–Kier alpha value is -2.86. The Bertz CT molecular complexity index is 674. The van der Waals surface area contributed by atoms with Crippen LogP contribution in [0.4, 0.5) is 5.82 Å². The van der Waals surface area contributed by atoms with E-state index in [1.165, 1.54) is 6.33 Å². The Kier molecular flexibility index (Phi) is 4.31. The van der Waals surface area contributed by atoms with Gasteiger partial charge in [-0.2, -0.15) is 10.5 Å². The number of nitrogens with zero attached hydrogens (tertiary/aromatic N) is 5. The summed E-state index contributed by atoms with van der Waals surface area (Å²) in [6.07, 6.45) is 2.52. The Morgan fingerprint density at radius 3 is 2.85 bits per heavy atom. The number of nitriles is 2. The smallest absolute Gasteiger partial charge is 0.176 e. The number of pyridine rings is 1. The normalized spacial score (nSPS) is 9.75. The third kappa shape index (κ3) is 2.93. The van der Waals surface area contributed by atoms with Gasteiger partial charge in [-0.3, -0.25) is 0 Å². The van der Waals surface area contributed by atoms with E-state index in [1.807, 2.05) is 30.3 Å². The zero-order valence-corrected chi connectivity index (χ0v) is 11.2.